The smallest absolute Gasteiger partial charge is 0.443 e. The number of nitrogens with one attached hydrogen (secondary N) is 1. The lowest BCUT2D eigenvalue weighted by Gasteiger charge is -2.31. The first-order chi connectivity index (χ1) is 23.5. The predicted molar refractivity (Wildman–Crippen MR) is 202 cm³/mol. The molecule has 0 spiro atoms. The molecule has 0 unspecified atom stereocenters. The molecule has 0 aliphatic heterocycles. The molecular formula is C38H49NO6P2Si. The second-order valence-electron chi connectivity index (χ2n) is 11.1. The van der Waals surface area contributed by atoms with Gasteiger partial charge in [0.2, 0.25) is 0 Å². The van der Waals surface area contributed by atoms with E-state index >= 15 is 0 Å². The molecule has 256 valence electrons. The zero-order chi connectivity index (χ0) is 34.0. The molecule has 4 aromatic rings. The molecule has 4 rings (SSSR count). The molecule has 10 heteroatoms. The van der Waals surface area contributed by atoms with Crippen LogP contribution in [0.5, 0.6) is 0 Å². The standard InChI is InChI=1S/C38H49NO6P2Si/c1-4-42-48(43-5-2,44-6-3)29-19-28-39-38(41)45-37(31-47(34-24-15-9-16-25-34)35-26-17-10-18-27-35)36(40)30-46(32-20-11-7-12-21-32)33-22-13-8-14-23-33/h7-18,20-27,36-37,40H,4-6,19,28-31H2,1-3H3,(H,39,41)/t36-,37-/m0/s1. The number of hydrogen-bond acceptors (Lipinski definition) is 6. The van der Waals surface area contributed by atoms with E-state index in [1.165, 1.54) is 10.6 Å². The summed E-state index contributed by atoms with van der Waals surface area (Å²) in [5.74, 6) is 0. The normalized spacial score (nSPS) is 13.0. The summed E-state index contributed by atoms with van der Waals surface area (Å²) >= 11 is 0. The van der Waals surface area contributed by atoms with Crippen molar-refractivity contribution < 1.29 is 27.9 Å². The second-order valence-corrected chi connectivity index (χ2v) is 18.3. The van der Waals surface area contributed by atoms with E-state index in [2.05, 4.69) is 53.8 Å². The minimum Gasteiger partial charge on any atom is -0.443 e. The summed E-state index contributed by atoms with van der Waals surface area (Å²) in [6.45, 7) is 7.67. The Kier molecular flexibility index (Phi) is 16.2. The van der Waals surface area contributed by atoms with E-state index in [1.807, 2.05) is 93.6 Å². The van der Waals surface area contributed by atoms with Crippen LogP contribution in [0.15, 0.2) is 121 Å². The lowest BCUT2D eigenvalue weighted by molar-refractivity contribution is 0.0265. The first-order valence-corrected chi connectivity index (χ1v) is 21.8. The number of hydrogen-bond donors (Lipinski definition) is 2. The molecule has 48 heavy (non-hydrogen) atoms. The van der Waals surface area contributed by atoms with Gasteiger partial charge in [0.05, 0.1) is 6.10 Å². The van der Waals surface area contributed by atoms with Gasteiger partial charge in [-0.15, -0.1) is 0 Å². The van der Waals surface area contributed by atoms with Crippen molar-refractivity contribution in [3.8, 4) is 0 Å². The minimum atomic E-state index is -2.82. The van der Waals surface area contributed by atoms with Gasteiger partial charge in [-0.3, -0.25) is 0 Å². The molecule has 1 amide bonds. The highest BCUT2D eigenvalue weighted by atomic mass is 31.1. The topological polar surface area (TPSA) is 86.3 Å². The van der Waals surface area contributed by atoms with Crippen molar-refractivity contribution in [1.29, 1.82) is 0 Å². The Balaban J connectivity index is 1.55. The molecule has 7 nitrogen and oxygen atoms in total. The van der Waals surface area contributed by atoms with Crippen molar-refractivity contribution in [1.82, 2.24) is 5.32 Å². The number of carbonyl (C=O) groups excluding carboxylic acids is 1. The van der Waals surface area contributed by atoms with Gasteiger partial charge in [-0.05, 0) is 64.3 Å². The Morgan fingerprint density at radius 3 is 1.40 bits per heavy atom. The van der Waals surface area contributed by atoms with Gasteiger partial charge >= 0.3 is 14.9 Å². The zero-order valence-corrected chi connectivity index (χ0v) is 31.0. The number of benzene rings is 4. The number of carbonyl (C=O) groups is 1. The molecule has 2 N–H and O–H groups in total. The SMILES string of the molecule is CCO[Si](CCCNC(=O)O[C@@H](CP(c1ccccc1)c1ccccc1)[C@@H](O)CP(c1ccccc1)c1ccccc1)(OCC)OCC. The van der Waals surface area contributed by atoms with Crippen LogP contribution >= 0.6 is 15.8 Å². The highest BCUT2D eigenvalue weighted by molar-refractivity contribution is 7.73. The largest absolute Gasteiger partial charge is 0.500 e. The molecule has 0 saturated heterocycles. The molecule has 0 radical (unpaired) electrons. The molecule has 2 atom stereocenters. The molecule has 0 bridgehead atoms. The summed E-state index contributed by atoms with van der Waals surface area (Å²) in [7, 11) is -4.67. The van der Waals surface area contributed by atoms with Crippen molar-refractivity contribution in [3.05, 3.63) is 121 Å². The molecule has 0 aliphatic carbocycles. The number of aliphatic hydroxyl groups is 1. The summed E-state index contributed by atoms with van der Waals surface area (Å²) in [6, 6.07) is 41.8. The molecule has 0 fully saturated rings. The van der Waals surface area contributed by atoms with Crippen LogP contribution in [0.25, 0.3) is 0 Å². The monoisotopic (exact) mass is 705 g/mol. The van der Waals surface area contributed by atoms with Gasteiger partial charge < -0.3 is 28.4 Å². The third kappa shape index (κ3) is 11.6. The van der Waals surface area contributed by atoms with Gasteiger partial charge in [0.1, 0.15) is 6.10 Å². The maximum absolute atomic E-state index is 13.4. The third-order valence-corrected chi connectivity index (χ3v) is 16.0. The van der Waals surface area contributed by atoms with Crippen molar-refractivity contribution in [2.45, 2.75) is 45.4 Å². The van der Waals surface area contributed by atoms with Crippen molar-refractivity contribution in [3.63, 3.8) is 0 Å². The van der Waals surface area contributed by atoms with E-state index in [0.717, 1.165) is 10.6 Å². The fourth-order valence-corrected chi connectivity index (χ4v) is 13.0. The second kappa shape index (κ2) is 20.5. The fraction of sp³-hybridized carbons (Fsp3) is 0.342. The summed E-state index contributed by atoms with van der Waals surface area (Å²) in [6.07, 6.45) is -0.622. The minimum absolute atomic E-state index is 0.372. The van der Waals surface area contributed by atoms with Gasteiger partial charge in [-0.25, -0.2) is 4.79 Å². The summed E-state index contributed by atoms with van der Waals surface area (Å²) in [5.41, 5.74) is 0. The fourth-order valence-electron chi connectivity index (χ4n) is 5.55. The Morgan fingerprint density at radius 1 is 0.646 bits per heavy atom. The van der Waals surface area contributed by atoms with Crippen LogP contribution in [-0.2, 0) is 18.0 Å². The van der Waals surface area contributed by atoms with E-state index in [1.54, 1.807) is 0 Å². The quantitative estimate of drug-likeness (QED) is 0.0653. The Labute approximate surface area is 289 Å². The molecule has 0 heterocycles. The van der Waals surface area contributed by atoms with E-state index in [9.17, 15) is 9.90 Å². The first-order valence-electron chi connectivity index (χ1n) is 16.8. The van der Waals surface area contributed by atoms with E-state index in [0.29, 0.717) is 51.2 Å². The number of rotatable bonds is 20. The number of ether oxygens (including phenoxy) is 1. The average Bonchev–Trinajstić information content (AvgIpc) is 3.12. The van der Waals surface area contributed by atoms with Crippen LogP contribution in [0.2, 0.25) is 6.04 Å². The van der Waals surface area contributed by atoms with Gasteiger partial charge in [0.25, 0.3) is 0 Å². The first kappa shape index (κ1) is 37.9. The van der Waals surface area contributed by atoms with Gasteiger partial charge in [-0.1, -0.05) is 121 Å². The Morgan fingerprint density at radius 2 is 1.02 bits per heavy atom. The Hall–Kier alpha value is -2.93. The van der Waals surface area contributed by atoms with Crippen LogP contribution < -0.4 is 26.5 Å². The van der Waals surface area contributed by atoms with E-state index < -0.39 is 42.9 Å². The predicted octanol–water partition coefficient (Wildman–Crippen LogP) is 6.15. The van der Waals surface area contributed by atoms with E-state index in [-0.39, 0.29) is 0 Å². The van der Waals surface area contributed by atoms with Crippen molar-refractivity contribution in [2.75, 3.05) is 38.7 Å². The summed E-state index contributed by atoms with van der Waals surface area (Å²) in [4.78, 5) is 13.4. The van der Waals surface area contributed by atoms with Crippen LogP contribution in [0.1, 0.15) is 27.2 Å². The van der Waals surface area contributed by atoms with Crippen molar-refractivity contribution >= 4 is 52.0 Å². The highest BCUT2D eigenvalue weighted by Gasteiger charge is 2.39. The zero-order valence-electron chi connectivity index (χ0n) is 28.2. The van der Waals surface area contributed by atoms with Crippen LogP contribution in [-0.4, -0.2) is 70.9 Å². The van der Waals surface area contributed by atoms with Crippen molar-refractivity contribution in [2.24, 2.45) is 0 Å². The number of aliphatic hydroxyl groups excluding tert-OH is 1. The lowest BCUT2D eigenvalue weighted by Crippen LogP contribution is -2.46. The average molecular weight is 706 g/mol. The maximum atomic E-state index is 13.4. The van der Waals surface area contributed by atoms with Gasteiger partial charge in [0.15, 0.2) is 0 Å². The van der Waals surface area contributed by atoms with E-state index in [4.69, 9.17) is 18.0 Å². The van der Waals surface area contributed by atoms with Crippen LogP contribution in [0, 0.1) is 0 Å². The third-order valence-electron chi connectivity index (χ3n) is 7.71. The van der Waals surface area contributed by atoms with Crippen LogP contribution in [0.4, 0.5) is 4.79 Å². The summed E-state index contributed by atoms with van der Waals surface area (Å²) < 4.78 is 24.1. The number of alkyl carbamates (subject to hydrolysis) is 1. The van der Waals surface area contributed by atoms with Gasteiger partial charge in [-0.2, -0.15) is 0 Å². The molecule has 0 aliphatic rings. The highest BCUT2D eigenvalue weighted by Crippen LogP contribution is 2.39. The molecule has 4 aromatic carbocycles. The summed E-state index contributed by atoms with van der Waals surface area (Å²) in [5, 5.41) is 19.6. The molecule has 0 saturated carbocycles. The number of amides is 1. The molecular weight excluding hydrogens is 656 g/mol. The maximum Gasteiger partial charge on any atom is 0.500 e. The Bertz CT molecular complexity index is 1360. The van der Waals surface area contributed by atoms with Crippen LogP contribution in [0.3, 0.4) is 0 Å². The lowest BCUT2D eigenvalue weighted by atomic mass is 10.2. The molecule has 0 aromatic heterocycles. The van der Waals surface area contributed by atoms with Gasteiger partial charge in [0, 0.05) is 44.7 Å².